The maximum atomic E-state index is 6.15. The number of anilines is 2. The highest BCUT2D eigenvalue weighted by molar-refractivity contribution is 6.30. The van der Waals surface area contributed by atoms with Crippen LogP contribution in [0.25, 0.3) is 0 Å². The summed E-state index contributed by atoms with van der Waals surface area (Å²) in [5, 5.41) is 0.784. The van der Waals surface area contributed by atoms with Gasteiger partial charge in [0, 0.05) is 29.7 Å². The molecule has 1 aliphatic heterocycles. The lowest BCUT2D eigenvalue weighted by Crippen LogP contribution is -2.29. The molecule has 1 aliphatic carbocycles. The highest BCUT2D eigenvalue weighted by Gasteiger charge is 2.29. The average molecular weight is 344 g/mol. The number of hydrogen-bond donors (Lipinski definition) is 2. The molecule has 2 unspecified atom stereocenters. The number of rotatable bonds is 2. The molecule has 2 atom stereocenters. The summed E-state index contributed by atoms with van der Waals surface area (Å²) in [7, 11) is 0. The Morgan fingerprint density at radius 2 is 2.08 bits per heavy atom. The lowest BCUT2D eigenvalue weighted by Gasteiger charge is -2.28. The minimum absolute atomic E-state index is 0.222. The highest BCUT2D eigenvalue weighted by Crippen LogP contribution is 2.37. The zero-order valence-corrected chi connectivity index (χ0v) is 14.3. The number of nitrogens with zero attached hydrogens (tertiary/aromatic N) is 3. The van der Waals surface area contributed by atoms with Crippen molar-refractivity contribution in [1.29, 1.82) is 0 Å². The lowest BCUT2D eigenvalue weighted by molar-refractivity contribution is 0.570. The quantitative estimate of drug-likeness (QED) is 0.875. The predicted molar refractivity (Wildman–Crippen MR) is 97.5 cm³/mol. The Morgan fingerprint density at radius 3 is 2.83 bits per heavy atom. The van der Waals surface area contributed by atoms with E-state index in [1.807, 2.05) is 12.1 Å². The van der Waals surface area contributed by atoms with E-state index < -0.39 is 0 Å². The van der Waals surface area contributed by atoms with Crippen molar-refractivity contribution < 1.29 is 0 Å². The molecule has 6 heteroatoms. The summed E-state index contributed by atoms with van der Waals surface area (Å²) in [6, 6.07) is 8.35. The van der Waals surface area contributed by atoms with Crippen LogP contribution in [-0.2, 0) is 12.8 Å². The van der Waals surface area contributed by atoms with Crippen molar-refractivity contribution in [1.82, 2.24) is 9.97 Å². The lowest BCUT2D eigenvalue weighted by atomic mass is 9.82. The number of nitrogen functional groups attached to an aromatic ring is 1. The van der Waals surface area contributed by atoms with E-state index in [2.05, 4.69) is 27.0 Å². The molecule has 1 saturated heterocycles. The Labute approximate surface area is 147 Å². The van der Waals surface area contributed by atoms with Crippen LogP contribution in [0.4, 0.5) is 11.8 Å². The van der Waals surface area contributed by atoms with Crippen LogP contribution in [0.5, 0.6) is 0 Å². The minimum Gasteiger partial charge on any atom is -0.368 e. The van der Waals surface area contributed by atoms with Crippen molar-refractivity contribution in [2.45, 2.75) is 37.6 Å². The molecule has 4 N–H and O–H groups in total. The third-order valence-electron chi connectivity index (χ3n) is 5.12. The molecule has 0 saturated carbocycles. The van der Waals surface area contributed by atoms with E-state index in [0.29, 0.717) is 11.9 Å². The first-order valence-corrected chi connectivity index (χ1v) is 8.89. The molecule has 2 aliphatic rings. The maximum absolute atomic E-state index is 6.15. The van der Waals surface area contributed by atoms with Crippen molar-refractivity contribution in [3.63, 3.8) is 0 Å². The van der Waals surface area contributed by atoms with Crippen LogP contribution in [0.1, 0.15) is 35.6 Å². The summed E-state index contributed by atoms with van der Waals surface area (Å²) in [6.45, 7) is 1.79. The fourth-order valence-corrected chi connectivity index (χ4v) is 4.10. The maximum Gasteiger partial charge on any atom is 0.222 e. The van der Waals surface area contributed by atoms with Gasteiger partial charge >= 0.3 is 0 Å². The molecular formula is C18H22ClN5. The Balaban J connectivity index is 1.65. The second-order valence-electron chi connectivity index (χ2n) is 6.82. The van der Waals surface area contributed by atoms with Gasteiger partial charge in [-0.15, -0.1) is 0 Å². The Kier molecular flexibility index (Phi) is 4.06. The van der Waals surface area contributed by atoms with Gasteiger partial charge in [-0.2, -0.15) is 4.98 Å². The van der Waals surface area contributed by atoms with E-state index in [9.17, 15) is 0 Å². The van der Waals surface area contributed by atoms with Gasteiger partial charge < -0.3 is 16.4 Å². The van der Waals surface area contributed by atoms with E-state index in [1.54, 1.807) is 0 Å². The van der Waals surface area contributed by atoms with E-state index in [-0.39, 0.29) is 6.04 Å². The number of benzene rings is 1. The van der Waals surface area contributed by atoms with Crippen molar-refractivity contribution >= 4 is 23.4 Å². The fraction of sp³-hybridized carbons (Fsp3) is 0.444. The number of hydrogen-bond acceptors (Lipinski definition) is 5. The normalized spacial score (nSPS) is 23.3. The van der Waals surface area contributed by atoms with Crippen LogP contribution < -0.4 is 16.4 Å². The molecule has 0 amide bonds. The van der Waals surface area contributed by atoms with Gasteiger partial charge in [0.2, 0.25) is 5.95 Å². The molecule has 0 bridgehead atoms. The second kappa shape index (κ2) is 6.22. The van der Waals surface area contributed by atoms with Gasteiger partial charge in [0.05, 0.1) is 5.69 Å². The van der Waals surface area contributed by atoms with E-state index in [0.717, 1.165) is 55.3 Å². The van der Waals surface area contributed by atoms with Gasteiger partial charge in [-0.05, 0) is 49.3 Å². The molecule has 2 heterocycles. The Bertz CT molecular complexity index is 763. The Morgan fingerprint density at radius 1 is 1.21 bits per heavy atom. The van der Waals surface area contributed by atoms with Crippen molar-refractivity contribution in [3.8, 4) is 0 Å². The monoisotopic (exact) mass is 343 g/mol. The van der Waals surface area contributed by atoms with E-state index in [1.165, 1.54) is 11.1 Å². The number of aromatic nitrogens is 2. The van der Waals surface area contributed by atoms with Crippen molar-refractivity contribution in [2.75, 3.05) is 23.7 Å². The average Bonchev–Trinajstić information content (AvgIpc) is 3.00. The molecular weight excluding hydrogens is 322 g/mol. The van der Waals surface area contributed by atoms with Crippen molar-refractivity contribution in [3.05, 3.63) is 46.1 Å². The highest BCUT2D eigenvalue weighted by atomic mass is 35.5. The Hall–Kier alpha value is -1.85. The fourth-order valence-electron chi connectivity index (χ4n) is 3.90. The summed E-state index contributed by atoms with van der Waals surface area (Å²) in [5.41, 5.74) is 15.6. The first kappa shape index (κ1) is 15.7. The summed E-state index contributed by atoms with van der Waals surface area (Å²) in [6.07, 6.45) is 3.93. The van der Waals surface area contributed by atoms with Crippen LogP contribution in [0.2, 0.25) is 5.02 Å². The topological polar surface area (TPSA) is 81.1 Å². The summed E-state index contributed by atoms with van der Waals surface area (Å²) < 4.78 is 0. The molecule has 126 valence electrons. The number of halogens is 1. The van der Waals surface area contributed by atoms with E-state index in [4.69, 9.17) is 23.1 Å². The van der Waals surface area contributed by atoms with Crippen LogP contribution in [0.3, 0.4) is 0 Å². The third kappa shape index (κ3) is 2.94. The number of fused-ring (bicyclic) bond motifs is 1. The van der Waals surface area contributed by atoms with Gasteiger partial charge in [0.1, 0.15) is 5.82 Å². The molecule has 0 radical (unpaired) electrons. The predicted octanol–water partition coefficient (Wildman–Crippen LogP) is 2.52. The molecule has 1 aromatic heterocycles. The first-order chi connectivity index (χ1) is 11.6. The SMILES string of the molecule is Nc1nc2c(c(N3CCC(N)C3)n1)CCC(c1cccc(Cl)c1)C2. The molecule has 4 rings (SSSR count). The van der Waals surface area contributed by atoms with Crippen LogP contribution in [0.15, 0.2) is 24.3 Å². The zero-order chi connectivity index (χ0) is 16.7. The molecule has 2 aromatic rings. The molecule has 5 nitrogen and oxygen atoms in total. The van der Waals surface area contributed by atoms with Gasteiger partial charge in [-0.3, -0.25) is 0 Å². The van der Waals surface area contributed by atoms with Crippen LogP contribution in [-0.4, -0.2) is 29.1 Å². The van der Waals surface area contributed by atoms with Crippen molar-refractivity contribution in [2.24, 2.45) is 5.73 Å². The van der Waals surface area contributed by atoms with Crippen LogP contribution >= 0.6 is 11.6 Å². The first-order valence-electron chi connectivity index (χ1n) is 8.51. The summed E-state index contributed by atoms with van der Waals surface area (Å²) >= 11 is 6.15. The number of nitrogens with two attached hydrogens (primary N) is 2. The van der Waals surface area contributed by atoms with E-state index >= 15 is 0 Å². The van der Waals surface area contributed by atoms with Gasteiger partial charge in [-0.1, -0.05) is 23.7 Å². The molecule has 24 heavy (non-hydrogen) atoms. The third-order valence-corrected chi connectivity index (χ3v) is 5.35. The molecule has 0 spiro atoms. The second-order valence-corrected chi connectivity index (χ2v) is 7.26. The van der Waals surface area contributed by atoms with Gasteiger partial charge in [0.25, 0.3) is 0 Å². The van der Waals surface area contributed by atoms with Crippen LogP contribution in [0, 0.1) is 0 Å². The molecule has 1 aromatic carbocycles. The van der Waals surface area contributed by atoms with Gasteiger partial charge in [0.15, 0.2) is 0 Å². The smallest absolute Gasteiger partial charge is 0.222 e. The molecule has 1 fully saturated rings. The summed E-state index contributed by atoms with van der Waals surface area (Å²) in [5.74, 6) is 1.78. The minimum atomic E-state index is 0.222. The largest absolute Gasteiger partial charge is 0.368 e. The zero-order valence-electron chi connectivity index (χ0n) is 13.6. The standard InChI is InChI=1S/C18H22ClN5/c19-13-3-1-2-11(8-13)12-4-5-15-16(9-12)22-18(21)23-17(15)24-7-6-14(20)10-24/h1-3,8,12,14H,4-7,9-10,20H2,(H2,21,22,23). The van der Waals surface area contributed by atoms with Gasteiger partial charge in [-0.25, -0.2) is 4.98 Å². The summed E-state index contributed by atoms with van der Waals surface area (Å²) in [4.78, 5) is 11.3.